The van der Waals surface area contributed by atoms with E-state index in [9.17, 15) is 22.8 Å². The van der Waals surface area contributed by atoms with Crippen molar-refractivity contribution in [1.29, 1.82) is 0 Å². The van der Waals surface area contributed by atoms with Crippen LogP contribution in [-0.4, -0.2) is 73.2 Å². The van der Waals surface area contributed by atoms with Gasteiger partial charge in [-0.05, 0) is 43.5 Å². The van der Waals surface area contributed by atoms with Gasteiger partial charge in [-0.15, -0.1) is 0 Å². The summed E-state index contributed by atoms with van der Waals surface area (Å²) in [6, 6.07) is 3.18. The van der Waals surface area contributed by atoms with Gasteiger partial charge in [0, 0.05) is 48.9 Å². The number of carbonyl (C=O) groups is 2. The van der Waals surface area contributed by atoms with Crippen LogP contribution in [0.5, 0.6) is 0 Å². The second-order valence-electron chi connectivity index (χ2n) is 9.03. The van der Waals surface area contributed by atoms with Gasteiger partial charge < -0.3 is 15.5 Å². The highest BCUT2D eigenvalue weighted by Crippen LogP contribution is 2.35. The van der Waals surface area contributed by atoms with Gasteiger partial charge in [0.25, 0.3) is 5.91 Å². The lowest BCUT2D eigenvalue weighted by Gasteiger charge is -2.38. The highest BCUT2D eigenvalue weighted by Gasteiger charge is 2.47. The third kappa shape index (κ3) is 4.17. The van der Waals surface area contributed by atoms with E-state index in [0.29, 0.717) is 36.4 Å². The van der Waals surface area contributed by atoms with E-state index in [4.69, 9.17) is 5.73 Å². The Morgan fingerprint density at radius 1 is 1.17 bits per heavy atom. The average molecular weight is 487 g/mol. The highest BCUT2D eigenvalue weighted by molar-refractivity contribution is 5.95. The number of pyridine rings is 2. The number of aromatic nitrogens is 4. The van der Waals surface area contributed by atoms with Crippen LogP contribution < -0.4 is 5.73 Å². The lowest BCUT2D eigenvalue weighted by Crippen LogP contribution is -2.48. The number of nitrogen functional groups attached to an aromatic ring is 1. The first-order valence-electron chi connectivity index (χ1n) is 11.3. The number of hydrogen-bond acceptors (Lipinski definition) is 6. The Hall–Kier alpha value is -3.70. The predicted molar refractivity (Wildman–Crippen MR) is 120 cm³/mol. The van der Waals surface area contributed by atoms with Crippen molar-refractivity contribution in [2.45, 2.75) is 44.4 Å². The molecule has 2 fully saturated rings. The molecule has 35 heavy (non-hydrogen) atoms. The Bertz CT molecular complexity index is 1300. The van der Waals surface area contributed by atoms with Crippen molar-refractivity contribution >= 4 is 28.7 Å². The molecular formula is C23H24F3N7O2. The number of carbonyl (C=O) groups excluding carboxylic acids is 2. The van der Waals surface area contributed by atoms with Crippen molar-refractivity contribution in [2.24, 2.45) is 0 Å². The van der Waals surface area contributed by atoms with Gasteiger partial charge in [0.05, 0.1) is 5.69 Å². The Morgan fingerprint density at radius 2 is 1.91 bits per heavy atom. The maximum atomic E-state index is 13.4. The number of nitrogens with two attached hydrogens (primary N) is 1. The number of anilines is 1. The van der Waals surface area contributed by atoms with Crippen LogP contribution in [0.15, 0.2) is 30.6 Å². The molecule has 12 heteroatoms. The van der Waals surface area contributed by atoms with Crippen molar-refractivity contribution in [3.8, 4) is 0 Å². The Morgan fingerprint density at radius 3 is 2.63 bits per heavy atom. The van der Waals surface area contributed by atoms with E-state index in [-0.39, 0.29) is 37.2 Å². The summed E-state index contributed by atoms with van der Waals surface area (Å²) in [5.74, 6) is -0.634. The molecule has 0 radical (unpaired) electrons. The molecular weight excluding hydrogens is 463 g/mol. The van der Waals surface area contributed by atoms with E-state index in [0.717, 1.165) is 15.8 Å². The van der Waals surface area contributed by atoms with Gasteiger partial charge in [-0.3, -0.25) is 9.59 Å². The zero-order valence-electron chi connectivity index (χ0n) is 19.0. The number of nitrogens with zero attached hydrogens (tertiary/aromatic N) is 6. The highest BCUT2D eigenvalue weighted by atomic mass is 19.4. The van der Waals surface area contributed by atoms with Crippen LogP contribution in [0.25, 0.3) is 11.0 Å². The number of aryl methyl sites for hydroxylation is 1. The Balaban J connectivity index is 1.37. The van der Waals surface area contributed by atoms with E-state index in [1.54, 1.807) is 17.2 Å². The Kier molecular flexibility index (Phi) is 5.60. The topological polar surface area (TPSA) is 110 Å². The number of amides is 2. The van der Waals surface area contributed by atoms with Gasteiger partial charge in [0.2, 0.25) is 5.91 Å². The molecule has 0 bridgehead atoms. The molecule has 2 saturated heterocycles. The number of hydrogen-bond donors (Lipinski definition) is 1. The quantitative estimate of drug-likeness (QED) is 0.606. The summed E-state index contributed by atoms with van der Waals surface area (Å²) >= 11 is 0. The number of likely N-dealkylation sites (tertiary alicyclic amines) is 2. The lowest BCUT2D eigenvalue weighted by atomic mass is 9.92. The molecule has 3 aromatic rings. The number of halogens is 3. The van der Waals surface area contributed by atoms with Crippen LogP contribution in [0, 0.1) is 6.92 Å². The summed E-state index contributed by atoms with van der Waals surface area (Å²) < 4.78 is 41.5. The molecule has 0 saturated carbocycles. The van der Waals surface area contributed by atoms with Crippen LogP contribution in [0.3, 0.4) is 0 Å². The molecule has 0 spiro atoms. The Labute approximate surface area is 198 Å². The smallest absolute Gasteiger partial charge is 0.384 e. The first kappa shape index (κ1) is 23.1. The molecule has 2 amide bonds. The van der Waals surface area contributed by atoms with Gasteiger partial charge in [-0.25, -0.2) is 14.6 Å². The van der Waals surface area contributed by atoms with E-state index in [1.165, 1.54) is 16.9 Å². The molecule has 184 valence electrons. The van der Waals surface area contributed by atoms with Crippen LogP contribution in [-0.2, 0) is 11.3 Å². The normalized spacial score (nSPS) is 18.8. The van der Waals surface area contributed by atoms with Crippen LogP contribution >= 0.6 is 0 Å². The predicted octanol–water partition coefficient (Wildman–Crippen LogP) is 2.51. The van der Waals surface area contributed by atoms with Gasteiger partial charge in [-0.1, -0.05) is 0 Å². The van der Waals surface area contributed by atoms with E-state index in [2.05, 4.69) is 15.1 Å². The second-order valence-corrected chi connectivity index (χ2v) is 9.03. The van der Waals surface area contributed by atoms with E-state index in [1.807, 2.05) is 13.0 Å². The number of alkyl halides is 3. The molecule has 0 unspecified atom stereocenters. The molecule has 3 aromatic heterocycles. The molecule has 2 N–H and O–H groups in total. The minimum absolute atomic E-state index is 0.0702. The van der Waals surface area contributed by atoms with Crippen molar-refractivity contribution in [1.82, 2.24) is 29.5 Å². The zero-order chi connectivity index (χ0) is 24.9. The molecule has 5 rings (SSSR count). The largest absolute Gasteiger partial charge is 0.408 e. The molecule has 0 aliphatic carbocycles. The average Bonchev–Trinajstić information content (AvgIpc) is 3.39. The van der Waals surface area contributed by atoms with Crippen molar-refractivity contribution in [3.63, 3.8) is 0 Å². The second kappa shape index (κ2) is 8.51. The molecule has 5 heterocycles. The van der Waals surface area contributed by atoms with Crippen LogP contribution in [0.1, 0.15) is 40.4 Å². The molecule has 2 aliphatic heterocycles. The summed E-state index contributed by atoms with van der Waals surface area (Å²) in [7, 11) is 0. The number of fused-ring (bicyclic) bond motifs is 1. The van der Waals surface area contributed by atoms with Gasteiger partial charge in [0.15, 0.2) is 5.65 Å². The lowest BCUT2D eigenvalue weighted by molar-refractivity contribution is -0.183. The fraction of sp³-hybridized carbons (Fsp3) is 0.435. The minimum atomic E-state index is -4.46. The summed E-state index contributed by atoms with van der Waals surface area (Å²) in [4.78, 5) is 36.4. The van der Waals surface area contributed by atoms with Crippen molar-refractivity contribution in [2.75, 3.05) is 25.4 Å². The fourth-order valence-electron chi connectivity index (χ4n) is 4.89. The molecule has 0 aromatic carbocycles. The van der Waals surface area contributed by atoms with Gasteiger partial charge >= 0.3 is 6.18 Å². The van der Waals surface area contributed by atoms with E-state index < -0.39 is 18.1 Å². The third-order valence-electron chi connectivity index (χ3n) is 6.69. The molecule has 1 atom stereocenters. The standard InChI is InChI=1S/C23H24F3N7O2/c1-13-4-6-29-21-19(13)20(15-10-31(11-15)22(35)14-5-7-28-17(27)9-14)30-33(21)12-18(34)32-8-2-3-16(32)23(24,25)26/h4-7,9,15-16H,2-3,8,10-12H2,1H3,(H2,27,28)/t16-/m0/s1. The summed E-state index contributed by atoms with van der Waals surface area (Å²) in [6.45, 7) is 2.46. The van der Waals surface area contributed by atoms with Gasteiger partial charge in [-0.2, -0.15) is 18.3 Å². The third-order valence-corrected chi connectivity index (χ3v) is 6.69. The summed E-state index contributed by atoms with van der Waals surface area (Å²) in [5, 5.41) is 5.37. The summed E-state index contributed by atoms with van der Waals surface area (Å²) in [5.41, 5.74) is 8.15. The van der Waals surface area contributed by atoms with Crippen molar-refractivity contribution < 1.29 is 22.8 Å². The first-order chi connectivity index (χ1) is 16.6. The van der Waals surface area contributed by atoms with Gasteiger partial charge in [0.1, 0.15) is 18.4 Å². The maximum absolute atomic E-state index is 13.4. The van der Waals surface area contributed by atoms with Crippen molar-refractivity contribution in [3.05, 3.63) is 47.4 Å². The maximum Gasteiger partial charge on any atom is 0.408 e. The van der Waals surface area contributed by atoms with Crippen LogP contribution in [0.4, 0.5) is 19.0 Å². The molecule has 2 aliphatic rings. The molecule has 9 nitrogen and oxygen atoms in total. The SMILES string of the molecule is Cc1ccnc2c1c(C1CN(C(=O)c3ccnc(N)c3)C1)nn2CC(=O)N1CCC[C@H]1C(F)(F)F. The van der Waals surface area contributed by atoms with Crippen LogP contribution in [0.2, 0.25) is 0 Å². The van der Waals surface area contributed by atoms with E-state index >= 15 is 0 Å². The zero-order valence-corrected chi connectivity index (χ0v) is 19.0. The monoisotopic (exact) mass is 487 g/mol. The number of rotatable bonds is 4. The fourth-order valence-corrected chi connectivity index (χ4v) is 4.89. The first-order valence-corrected chi connectivity index (χ1v) is 11.3. The minimum Gasteiger partial charge on any atom is -0.384 e. The summed E-state index contributed by atoms with van der Waals surface area (Å²) in [6.07, 6.45) is -1.17.